The largest absolute Gasteiger partial charge is 0.379 e. The smallest absolute Gasteiger partial charge is 0.251 e. The number of morpholine rings is 1. The number of amides is 1. The third-order valence-electron chi connectivity index (χ3n) is 5.15. The van der Waals surface area contributed by atoms with Gasteiger partial charge in [0, 0.05) is 31.5 Å². The van der Waals surface area contributed by atoms with E-state index in [1.807, 2.05) is 31.2 Å². The van der Waals surface area contributed by atoms with Gasteiger partial charge in [-0.2, -0.15) is 0 Å². The van der Waals surface area contributed by atoms with Gasteiger partial charge in [0.15, 0.2) is 9.84 Å². The highest BCUT2D eigenvalue weighted by atomic mass is 32.2. The van der Waals surface area contributed by atoms with Gasteiger partial charge in [-0.05, 0) is 41.8 Å². The molecule has 1 fully saturated rings. The number of ether oxygens (including phenoxy) is 1. The molecule has 0 aromatic heterocycles. The lowest BCUT2D eigenvalue weighted by Crippen LogP contribution is -2.35. The molecule has 0 bridgehead atoms. The molecule has 156 valence electrons. The summed E-state index contributed by atoms with van der Waals surface area (Å²) in [6.07, 6.45) is 1.89. The summed E-state index contributed by atoms with van der Waals surface area (Å²) in [7, 11) is -3.23. The number of nitrogens with zero attached hydrogens (tertiary/aromatic N) is 1. The molecule has 1 aliphatic heterocycles. The number of rotatable bonds is 7. The van der Waals surface area contributed by atoms with E-state index >= 15 is 0 Å². The Hall–Kier alpha value is -2.22. The molecule has 1 N–H and O–H groups in total. The van der Waals surface area contributed by atoms with Crippen LogP contribution < -0.4 is 5.32 Å². The van der Waals surface area contributed by atoms with Crippen molar-refractivity contribution in [2.24, 2.45) is 0 Å². The fourth-order valence-corrected chi connectivity index (χ4v) is 4.02. The van der Waals surface area contributed by atoms with Gasteiger partial charge in [0.25, 0.3) is 5.91 Å². The monoisotopic (exact) mass is 416 g/mol. The lowest BCUT2D eigenvalue weighted by Gasteiger charge is -2.26. The number of nitrogens with one attached hydrogen (secondary N) is 1. The molecule has 2 aromatic carbocycles. The molecule has 3 rings (SSSR count). The maximum absolute atomic E-state index is 12.7. The normalized spacial score (nSPS) is 16.3. The molecular formula is C22H28N2O4S. The Balaban J connectivity index is 1.63. The highest BCUT2D eigenvalue weighted by Gasteiger charge is 2.16. The summed E-state index contributed by atoms with van der Waals surface area (Å²) in [5, 5.41) is 3.04. The summed E-state index contributed by atoms with van der Waals surface area (Å²) in [5.41, 5.74) is 2.67. The van der Waals surface area contributed by atoms with Crippen LogP contribution in [0.1, 0.15) is 40.9 Å². The molecule has 1 aliphatic rings. The van der Waals surface area contributed by atoms with Crippen molar-refractivity contribution in [2.45, 2.75) is 30.8 Å². The second kappa shape index (κ2) is 9.52. The lowest BCUT2D eigenvalue weighted by molar-refractivity contribution is 0.0342. The molecule has 1 saturated heterocycles. The van der Waals surface area contributed by atoms with Crippen LogP contribution >= 0.6 is 0 Å². The topological polar surface area (TPSA) is 75.7 Å². The Bertz CT molecular complexity index is 918. The summed E-state index contributed by atoms with van der Waals surface area (Å²) in [4.78, 5) is 15.3. The van der Waals surface area contributed by atoms with Crippen molar-refractivity contribution in [2.75, 3.05) is 32.6 Å². The van der Waals surface area contributed by atoms with Crippen LogP contribution in [0.5, 0.6) is 0 Å². The van der Waals surface area contributed by atoms with E-state index in [9.17, 15) is 13.2 Å². The van der Waals surface area contributed by atoms with Crippen LogP contribution in [-0.4, -0.2) is 51.8 Å². The van der Waals surface area contributed by atoms with Crippen molar-refractivity contribution < 1.29 is 17.9 Å². The zero-order valence-electron chi connectivity index (χ0n) is 16.9. The minimum atomic E-state index is -3.23. The van der Waals surface area contributed by atoms with Crippen molar-refractivity contribution in [1.82, 2.24) is 10.2 Å². The van der Waals surface area contributed by atoms with E-state index in [1.165, 1.54) is 11.8 Å². The van der Waals surface area contributed by atoms with Crippen LogP contribution in [-0.2, 0) is 21.1 Å². The van der Waals surface area contributed by atoms with Gasteiger partial charge in [-0.3, -0.25) is 9.69 Å². The van der Waals surface area contributed by atoms with Gasteiger partial charge in [-0.1, -0.05) is 31.2 Å². The molecule has 0 saturated carbocycles. The summed E-state index contributed by atoms with van der Waals surface area (Å²) in [5.74, 6) is -0.137. The molecule has 29 heavy (non-hydrogen) atoms. The van der Waals surface area contributed by atoms with Crippen LogP contribution in [0.3, 0.4) is 0 Å². The van der Waals surface area contributed by atoms with Crippen molar-refractivity contribution in [3.63, 3.8) is 0 Å². The molecule has 1 amide bonds. The molecule has 0 unspecified atom stereocenters. The minimum absolute atomic E-state index is 0.137. The lowest BCUT2D eigenvalue weighted by atomic mass is 10.0. The zero-order chi connectivity index (χ0) is 20.9. The SMILES string of the molecule is CC[C@H](NC(=O)c1ccc(CN2CCOCC2)cc1)c1ccc(S(C)(=O)=O)cc1. The molecule has 2 aromatic rings. The fourth-order valence-electron chi connectivity index (χ4n) is 3.39. The molecule has 7 heteroatoms. The van der Waals surface area contributed by atoms with Gasteiger partial charge < -0.3 is 10.1 Å². The highest BCUT2D eigenvalue weighted by molar-refractivity contribution is 7.90. The maximum atomic E-state index is 12.7. The third-order valence-corrected chi connectivity index (χ3v) is 6.28. The molecule has 1 atom stereocenters. The average Bonchev–Trinajstić information content (AvgIpc) is 2.72. The first kappa shape index (κ1) is 21.5. The van der Waals surface area contributed by atoms with Gasteiger partial charge in [-0.15, -0.1) is 0 Å². The second-order valence-electron chi connectivity index (χ2n) is 7.36. The van der Waals surface area contributed by atoms with Gasteiger partial charge >= 0.3 is 0 Å². The first-order valence-electron chi connectivity index (χ1n) is 9.86. The molecular weight excluding hydrogens is 388 g/mol. The maximum Gasteiger partial charge on any atom is 0.251 e. The van der Waals surface area contributed by atoms with Crippen LogP contribution in [0.15, 0.2) is 53.4 Å². The number of hydrogen-bond acceptors (Lipinski definition) is 5. The highest BCUT2D eigenvalue weighted by Crippen LogP contribution is 2.20. The first-order chi connectivity index (χ1) is 13.9. The van der Waals surface area contributed by atoms with Crippen molar-refractivity contribution in [1.29, 1.82) is 0 Å². The number of carbonyl (C=O) groups excluding carboxylic acids is 1. The Morgan fingerprint density at radius 1 is 1.07 bits per heavy atom. The zero-order valence-corrected chi connectivity index (χ0v) is 17.7. The fraction of sp³-hybridized carbons (Fsp3) is 0.409. The van der Waals surface area contributed by atoms with E-state index in [0.29, 0.717) is 12.0 Å². The number of hydrogen-bond donors (Lipinski definition) is 1. The molecule has 6 nitrogen and oxygen atoms in total. The summed E-state index contributed by atoms with van der Waals surface area (Å²) >= 11 is 0. The van der Waals surface area contributed by atoms with Gasteiger partial charge in [0.1, 0.15) is 0 Å². The van der Waals surface area contributed by atoms with Crippen LogP contribution in [0, 0.1) is 0 Å². The molecule has 0 spiro atoms. The summed E-state index contributed by atoms with van der Waals surface area (Å²) in [6.45, 7) is 6.24. The van der Waals surface area contributed by atoms with Gasteiger partial charge in [0.05, 0.1) is 24.2 Å². The summed E-state index contributed by atoms with van der Waals surface area (Å²) in [6, 6.07) is 14.2. The van der Waals surface area contributed by atoms with E-state index in [0.717, 1.165) is 38.4 Å². The molecule has 1 heterocycles. The minimum Gasteiger partial charge on any atom is -0.379 e. The van der Waals surface area contributed by atoms with Gasteiger partial charge in [-0.25, -0.2) is 8.42 Å². The van der Waals surface area contributed by atoms with Crippen LogP contribution in [0.2, 0.25) is 0 Å². The number of carbonyl (C=O) groups is 1. The Morgan fingerprint density at radius 2 is 1.69 bits per heavy atom. The average molecular weight is 417 g/mol. The van der Waals surface area contributed by atoms with E-state index in [2.05, 4.69) is 10.2 Å². The first-order valence-corrected chi connectivity index (χ1v) is 11.8. The van der Waals surface area contributed by atoms with E-state index in [-0.39, 0.29) is 16.8 Å². The quantitative estimate of drug-likeness (QED) is 0.751. The van der Waals surface area contributed by atoms with Crippen molar-refractivity contribution >= 4 is 15.7 Å². The van der Waals surface area contributed by atoms with Crippen LogP contribution in [0.4, 0.5) is 0 Å². The van der Waals surface area contributed by atoms with Crippen molar-refractivity contribution in [3.8, 4) is 0 Å². The van der Waals surface area contributed by atoms with E-state index in [1.54, 1.807) is 24.3 Å². The molecule has 0 radical (unpaired) electrons. The second-order valence-corrected chi connectivity index (χ2v) is 9.38. The van der Waals surface area contributed by atoms with Crippen LogP contribution in [0.25, 0.3) is 0 Å². The number of benzene rings is 2. The van der Waals surface area contributed by atoms with E-state index in [4.69, 9.17) is 4.74 Å². The Kier molecular flexibility index (Phi) is 7.05. The van der Waals surface area contributed by atoms with E-state index < -0.39 is 9.84 Å². The predicted octanol–water partition coefficient (Wildman–Crippen LogP) is 2.80. The summed E-state index contributed by atoms with van der Waals surface area (Å²) < 4.78 is 28.6. The molecule has 0 aliphatic carbocycles. The van der Waals surface area contributed by atoms with Crippen molar-refractivity contribution in [3.05, 3.63) is 65.2 Å². The standard InChI is InChI=1S/C22H28N2O4S/c1-3-21(18-8-10-20(11-9-18)29(2,26)27)23-22(25)19-6-4-17(5-7-19)16-24-12-14-28-15-13-24/h4-11,21H,3,12-16H2,1-2H3,(H,23,25)/t21-/m0/s1. The Labute approximate surface area is 172 Å². The predicted molar refractivity (Wildman–Crippen MR) is 113 cm³/mol. The Morgan fingerprint density at radius 3 is 2.24 bits per heavy atom. The number of sulfone groups is 1. The van der Waals surface area contributed by atoms with Gasteiger partial charge in [0.2, 0.25) is 0 Å². The third kappa shape index (κ3) is 5.88.